The van der Waals surface area contributed by atoms with Crippen molar-refractivity contribution in [1.82, 2.24) is 0 Å². The predicted molar refractivity (Wildman–Crippen MR) is 110 cm³/mol. The van der Waals surface area contributed by atoms with Gasteiger partial charge in [-0.2, -0.15) is 0 Å². The molecule has 7 heteroatoms. The van der Waals surface area contributed by atoms with Crippen LogP contribution in [0.5, 0.6) is 5.75 Å². The van der Waals surface area contributed by atoms with Gasteiger partial charge in [0.25, 0.3) is 0 Å². The Bertz CT molecular complexity index is 937. The van der Waals surface area contributed by atoms with Crippen LogP contribution in [0.4, 0.5) is 17.1 Å². The Balaban J connectivity index is 1.36. The fourth-order valence-corrected chi connectivity index (χ4v) is 3.38. The van der Waals surface area contributed by atoms with Crippen LogP contribution in [0.2, 0.25) is 0 Å². The van der Waals surface area contributed by atoms with Crippen LogP contribution in [-0.2, 0) is 14.4 Å². The molecule has 2 aliphatic rings. The van der Waals surface area contributed by atoms with E-state index >= 15 is 0 Å². The monoisotopic (exact) mass is 393 g/mol. The number of rotatable bonds is 6. The summed E-state index contributed by atoms with van der Waals surface area (Å²) in [6.45, 7) is 0.327. The van der Waals surface area contributed by atoms with Crippen LogP contribution >= 0.6 is 0 Å². The molecule has 0 aromatic heterocycles. The maximum Gasteiger partial charge on any atom is 0.229 e. The maximum absolute atomic E-state index is 12.6. The van der Waals surface area contributed by atoms with E-state index in [0.29, 0.717) is 23.7 Å². The molecule has 150 valence electrons. The number of benzene rings is 2. The first-order valence-corrected chi connectivity index (χ1v) is 9.69. The van der Waals surface area contributed by atoms with Gasteiger partial charge in [-0.25, -0.2) is 0 Å². The highest BCUT2D eigenvalue weighted by Crippen LogP contribution is 2.31. The number of hydrogen-bond donors (Lipinski definition) is 2. The van der Waals surface area contributed by atoms with E-state index in [9.17, 15) is 14.4 Å². The van der Waals surface area contributed by atoms with Crippen LogP contribution in [0.15, 0.2) is 48.5 Å². The second-order valence-corrected chi connectivity index (χ2v) is 7.44. The number of carbonyl (C=O) groups excluding carboxylic acids is 3. The van der Waals surface area contributed by atoms with Gasteiger partial charge in [0.05, 0.1) is 13.0 Å². The van der Waals surface area contributed by atoms with Crippen LogP contribution in [0, 0.1) is 11.8 Å². The van der Waals surface area contributed by atoms with Gasteiger partial charge in [-0.1, -0.05) is 6.07 Å². The molecule has 2 N–H and O–H groups in total. The number of anilines is 3. The smallest absolute Gasteiger partial charge is 0.229 e. The summed E-state index contributed by atoms with van der Waals surface area (Å²) in [5.41, 5.74) is 2.06. The van der Waals surface area contributed by atoms with Gasteiger partial charge in [0.1, 0.15) is 5.75 Å². The predicted octanol–water partition coefficient (Wildman–Crippen LogP) is 3.04. The van der Waals surface area contributed by atoms with E-state index in [0.717, 1.165) is 18.5 Å². The van der Waals surface area contributed by atoms with Gasteiger partial charge in [0, 0.05) is 42.0 Å². The lowest BCUT2D eigenvalue weighted by molar-refractivity contribution is -0.122. The van der Waals surface area contributed by atoms with Crippen molar-refractivity contribution in [3.63, 3.8) is 0 Å². The van der Waals surface area contributed by atoms with Crippen molar-refractivity contribution in [2.75, 3.05) is 29.2 Å². The molecule has 0 unspecified atom stereocenters. The number of hydrogen-bond acceptors (Lipinski definition) is 4. The average Bonchev–Trinajstić information content (AvgIpc) is 3.51. The molecule has 4 rings (SSSR count). The van der Waals surface area contributed by atoms with E-state index in [2.05, 4.69) is 10.6 Å². The van der Waals surface area contributed by atoms with E-state index in [-0.39, 0.29) is 30.1 Å². The number of amides is 3. The fraction of sp³-hybridized carbons (Fsp3) is 0.318. The zero-order valence-corrected chi connectivity index (χ0v) is 16.2. The number of nitrogens with one attached hydrogen (secondary N) is 2. The zero-order valence-electron chi connectivity index (χ0n) is 16.2. The summed E-state index contributed by atoms with van der Waals surface area (Å²) in [7, 11) is 1.57. The lowest BCUT2D eigenvalue weighted by atomic mass is 10.1. The van der Waals surface area contributed by atoms with Gasteiger partial charge in [-0.15, -0.1) is 0 Å². The summed E-state index contributed by atoms with van der Waals surface area (Å²) in [5, 5.41) is 5.72. The van der Waals surface area contributed by atoms with Crippen molar-refractivity contribution in [3.05, 3.63) is 48.5 Å². The molecule has 1 atom stereocenters. The molecule has 0 radical (unpaired) electrons. The van der Waals surface area contributed by atoms with E-state index in [1.54, 1.807) is 42.3 Å². The maximum atomic E-state index is 12.6. The number of ether oxygens (including phenoxy) is 1. The van der Waals surface area contributed by atoms with Gasteiger partial charge in [-0.05, 0) is 49.2 Å². The molecule has 1 aliphatic heterocycles. The molecule has 0 spiro atoms. The molecule has 29 heavy (non-hydrogen) atoms. The molecule has 2 aromatic carbocycles. The number of nitrogens with zero attached hydrogens (tertiary/aromatic N) is 1. The molecule has 1 heterocycles. The molecule has 0 bridgehead atoms. The van der Waals surface area contributed by atoms with Crippen LogP contribution < -0.4 is 20.3 Å². The standard InChI is InChI=1S/C22H23N3O4/c1-29-19-4-2-3-18(12-19)25-13-15(11-20(25)26)22(28)24-17-9-7-16(8-10-17)23-21(27)14-5-6-14/h2-4,7-10,12,14-15H,5-6,11,13H2,1H3,(H,23,27)(H,24,28)/t15-/m1/s1. The Morgan fingerprint density at radius 1 is 0.966 bits per heavy atom. The largest absolute Gasteiger partial charge is 0.497 e. The highest BCUT2D eigenvalue weighted by Gasteiger charge is 2.35. The van der Waals surface area contributed by atoms with Crippen molar-refractivity contribution in [1.29, 1.82) is 0 Å². The normalized spacial score (nSPS) is 18.4. The van der Waals surface area contributed by atoms with Gasteiger partial charge in [0.2, 0.25) is 17.7 Å². The first-order valence-electron chi connectivity index (χ1n) is 9.69. The molecule has 1 saturated carbocycles. The first-order chi connectivity index (χ1) is 14.0. The highest BCUT2D eigenvalue weighted by atomic mass is 16.5. The summed E-state index contributed by atoms with van der Waals surface area (Å²) < 4.78 is 5.21. The third-order valence-electron chi connectivity index (χ3n) is 5.23. The molecule has 7 nitrogen and oxygen atoms in total. The molecule has 1 saturated heterocycles. The van der Waals surface area contributed by atoms with E-state index < -0.39 is 5.92 Å². The summed E-state index contributed by atoms with van der Waals surface area (Å²) >= 11 is 0. The molecular formula is C22H23N3O4. The van der Waals surface area contributed by atoms with Gasteiger partial charge < -0.3 is 20.3 Å². The molecule has 1 aliphatic carbocycles. The highest BCUT2D eigenvalue weighted by molar-refractivity contribution is 6.03. The molecule has 2 fully saturated rings. The van der Waals surface area contributed by atoms with Crippen LogP contribution in [0.3, 0.4) is 0 Å². The van der Waals surface area contributed by atoms with E-state index in [1.165, 1.54) is 0 Å². The van der Waals surface area contributed by atoms with Crippen molar-refractivity contribution in [3.8, 4) is 5.75 Å². The van der Waals surface area contributed by atoms with Crippen molar-refractivity contribution in [2.24, 2.45) is 11.8 Å². The third-order valence-corrected chi connectivity index (χ3v) is 5.23. The van der Waals surface area contributed by atoms with Crippen molar-refractivity contribution >= 4 is 34.8 Å². The Morgan fingerprint density at radius 2 is 1.59 bits per heavy atom. The fourth-order valence-electron chi connectivity index (χ4n) is 3.38. The first kappa shape index (κ1) is 19.0. The van der Waals surface area contributed by atoms with Crippen LogP contribution in [-0.4, -0.2) is 31.4 Å². The van der Waals surface area contributed by atoms with Gasteiger partial charge >= 0.3 is 0 Å². The SMILES string of the molecule is COc1cccc(N2C[C@H](C(=O)Nc3ccc(NC(=O)C4CC4)cc3)CC2=O)c1. The van der Waals surface area contributed by atoms with Gasteiger partial charge in [0.15, 0.2) is 0 Å². The number of methoxy groups -OCH3 is 1. The van der Waals surface area contributed by atoms with Crippen LogP contribution in [0.25, 0.3) is 0 Å². The minimum Gasteiger partial charge on any atom is -0.497 e. The van der Waals surface area contributed by atoms with E-state index in [1.807, 2.05) is 18.2 Å². The lowest BCUT2D eigenvalue weighted by Crippen LogP contribution is -2.28. The Labute approximate surface area is 169 Å². The molecule has 3 amide bonds. The zero-order chi connectivity index (χ0) is 20.4. The third kappa shape index (κ3) is 4.39. The minimum atomic E-state index is -0.428. The summed E-state index contributed by atoms with van der Waals surface area (Å²) in [6, 6.07) is 14.3. The Morgan fingerprint density at radius 3 is 2.17 bits per heavy atom. The molecular weight excluding hydrogens is 370 g/mol. The average molecular weight is 393 g/mol. The van der Waals surface area contributed by atoms with Crippen molar-refractivity contribution in [2.45, 2.75) is 19.3 Å². The lowest BCUT2D eigenvalue weighted by Gasteiger charge is -2.17. The summed E-state index contributed by atoms with van der Waals surface area (Å²) in [6.07, 6.45) is 2.07. The topological polar surface area (TPSA) is 87.7 Å². The van der Waals surface area contributed by atoms with E-state index in [4.69, 9.17) is 4.74 Å². The Kier molecular flexibility index (Phi) is 5.20. The quantitative estimate of drug-likeness (QED) is 0.790. The van der Waals surface area contributed by atoms with Crippen LogP contribution in [0.1, 0.15) is 19.3 Å². The molecule has 2 aromatic rings. The van der Waals surface area contributed by atoms with Crippen molar-refractivity contribution < 1.29 is 19.1 Å². The minimum absolute atomic E-state index is 0.0453. The summed E-state index contributed by atoms with van der Waals surface area (Å²) in [5.74, 6) is 0.140. The van der Waals surface area contributed by atoms with Gasteiger partial charge in [-0.3, -0.25) is 14.4 Å². The second kappa shape index (κ2) is 7.95. The summed E-state index contributed by atoms with van der Waals surface area (Å²) in [4.78, 5) is 38.5. The second-order valence-electron chi connectivity index (χ2n) is 7.44. The Hall–Kier alpha value is -3.35. The number of carbonyl (C=O) groups is 3.